The molecule has 0 saturated carbocycles. The largest absolute Gasteiger partial charge is 0.486 e. The fraction of sp³-hybridized carbons (Fsp3) is 0.353. The van der Waals surface area contributed by atoms with E-state index in [1.807, 2.05) is 6.07 Å². The Balaban J connectivity index is 1.43. The average molecular weight is 314 g/mol. The van der Waals surface area contributed by atoms with Crippen molar-refractivity contribution in [2.24, 2.45) is 0 Å². The molecule has 1 atom stereocenters. The number of furan rings is 1. The Hall–Kier alpha value is -2.63. The molecule has 0 fully saturated rings. The molecule has 6 nitrogen and oxygen atoms in total. The zero-order chi connectivity index (χ0) is 15.6. The van der Waals surface area contributed by atoms with Gasteiger partial charge in [-0.1, -0.05) is 0 Å². The van der Waals surface area contributed by atoms with Gasteiger partial charge in [-0.05, 0) is 31.0 Å². The van der Waals surface area contributed by atoms with Gasteiger partial charge in [-0.2, -0.15) is 0 Å². The highest BCUT2D eigenvalue weighted by atomic mass is 16.6. The van der Waals surface area contributed by atoms with E-state index in [0.29, 0.717) is 30.4 Å². The van der Waals surface area contributed by atoms with Crippen molar-refractivity contribution in [2.45, 2.75) is 25.3 Å². The number of hydrogen-bond donors (Lipinski definition) is 2. The highest BCUT2D eigenvalue weighted by Crippen LogP contribution is 2.33. The van der Waals surface area contributed by atoms with Crippen LogP contribution in [0.15, 0.2) is 34.9 Å². The SMILES string of the molecule is O=C(Nc1ccc2c(c1)OCCO2)N[C@H]1CCCc2occc21. The lowest BCUT2D eigenvalue weighted by Gasteiger charge is -2.23. The summed E-state index contributed by atoms with van der Waals surface area (Å²) in [5.41, 5.74) is 1.75. The summed E-state index contributed by atoms with van der Waals surface area (Å²) in [5.74, 6) is 2.34. The molecule has 2 heterocycles. The summed E-state index contributed by atoms with van der Waals surface area (Å²) in [6.07, 6.45) is 4.55. The van der Waals surface area contributed by atoms with Crippen molar-refractivity contribution in [1.29, 1.82) is 0 Å². The highest BCUT2D eigenvalue weighted by Gasteiger charge is 2.24. The fourth-order valence-corrected chi connectivity index (χ4v) is 3.08. The second kappa shape index (κ2) is 5.87. The van der Waals surface area contributed by atoms with Crippen LogP contribution in [-0.4, -0.2) is 19.2 Å². The molecule has 23 heavy (non-hydrogen) atoms. The Labute approximate surface area is 133 Å². The molecule has 4 rings (SSSR count). The third-order valence-corrected chi connectivity index (χ3v) is 4.16. The number of urea groups is 1. The first-order chi connectivity index (χ1) is 11.3. The molecule has 1 aliphatic heterocycles. The second-order valence-electron chi connectivity index (χ2n) is 5.70. The molecule has 120 valence electrons. The van der Waals surface area contributed by atoms with Crippen LogP contribution in [0.3, 0.4) is 0 Å². The molecule has 0 bridgehead atoms. The summed E-state index contributed by atoms with van der Waals surface area (Å²) >= 11 is 0. The van der Waals surface area contributed by atoms with E-state index < -0.39 is 0 Å². The number of ether oxygens (including phenoxy) is 2. The minimum Gasteiger partial charge on any atom is -0.486 e. The van der Waals surface area contributed by atoms with Crippen molar-refractivity contribution in [1.82, 2.24) is 5.32 Å². The van der Waals surface area contributed by atoms with E-state index in [1.165, 1.54) is 0 Å². The van der Waals surface area contributed by atoms with E-state index in [2.05, 4.69) is 10.6 Å². The minimum absolute atomic E-state index is 0.00490. The number of aryl methyl sites for hydroxylation is 1. The molecule has 1 aromatic heterocycles. The number of fused-ring (bicyclic) bond motifs is 2. The third kappa shape index (κ3) is 2.84. The van der Waals surface area contributed by atoms with Crippen molar-refractivity contribution in [3.05, 3.63) is 41.9 Å². The van der Waals surface area contributed by atoms with Gasteiger partial charge in [-0.3, -0.25) is 0 Å². The first-order valence-corrected chi connectivity index (χ1v) is 7.83. The topological polar surface area (TPSA) is 72.7 Å². The van der Waals surface area contributed by atoms with Gasteiger partial charge in [-0.25, -0.2) is 4.79 Å². The minimum atomic E-state index is -0.235. The van der Waals surface area contributed by atoms with E-state index in [9.17, 15) is 4.79 Å². The van der Waals surface area contributed by atoms with Crippen molar-refractivity contribution >= 4 is 11.7 Å². The van der Waals surface area contributed by atoms with E-state index in [0.717, 1.165) is 30.6 Å². The lowest BCUT2D eigenvalue weighted by molar-refractivity contribution is 0.171. The van der Waals surface area contributed by atoms with Crippen molar-refractivity contribution in [2.75, 3.05) is 18.5 Å². The van der Waals surface area contributed by atoms with Crippen molar-refractivity contribution < 1.29 is 18.7 Å². The van der Waals surface area contributed by atoms with Gasteiger partial charge < -0.3 is 24.5 Å². The zero-order valence-corrected chi connectivity index (χ0v) is 12.6. The van der Waals surface area contributed by atoms with Crippen LogP contribution in [-0.2, 0) is 6.42 Å². The second-order valence-corrected chi connectivity index (χ2v) is 5.70. The Bertz CT molecular complexity index is 725. The summed E-state index contributed by atoms with van der Waals surface area (Å²) in [4.78, 5) is 12.3. The lowest BCUT2D eigenvalue weighted by Crippen LogP contribution is -2.34. The molecule has 0 spiro atoms. The van der Waals surface area contributed by atoms with E-state index in [-0.39, 0.29) is 12.1 Å². The summed E-state index contributed by atoms with van der Waals surface area (Å²) < 4.78 is 16.4. The van der Waals surface area contributed by atoms with E-state index >= 15 is 0 Å². The lowest BCUT2D eigenvalue weighted by atomic mass is 9.93. The van der Waals surface area contributed by atoms with Crippen LogP contribution >= 0.6 is 0 Å². The monoisotopic (exact) mass is 314 g/mol. The maximum absolute atomic E-state index is 12.3. The van der Waals surface area contributed by atoms with Gasteiger partial charge in [0.25, 0.3) is 0 Å². The van der Waals surface area contributed by atoms with Gasteiger partial charge in [0.15, 0.2) is 11.5 Å². The number of rotatable bonds is 2. The summed E-state index contributed by atoms with van der Waals surface area (Å²) in [5, 5.41) is 5.85. The first-order valence-electron chi connectivity index (χ1n) is 7.83. The Morgan fingerprint density at radius 2 is 2.00 bits per heavy atom. The smallest absolute Gasteiger partial charge is 0.319 e. The average Bonchev–Trinajstić information content (AvgIpc) is 3.04. The van der Waals surface area contributed by atoms with Crippen LogP contribution in [0, 0.1) is 0 Å². The molecule has 2 aromatic rings. The molecular weight excluding hydrogens is 296 g/mol. The molecule has 6 heteroatoms. The predicted octanol–water partition coefficient (Wildman–Crippen LogP) is 3.25. The molecule has 0 unspecified atom stereocenters. The van der Waals surface area contributed by atoms with Gasteiger partial charge in [0, 0.05) is 23.7 Å². The van der Waals surface area contributed by atoms with Crippen LogP contribution in [0.4, 0.5) is 10.5 Å². The van der Waals surface area contributed by atoms with Crippen LogP contribution in [0.2, 0.25) is 0 Å². The molecule has 2 aliphatic rings. The van der Waals surface area contributed by atoms with Crippen LogP contribution in [0.1, 0.15) is 30.2 Å². The summed E-state index contributed by atoms with van der Waals surface area (Å²) in [6.45, 7) is 1.07. The van der Waals surface area contributed by atoms with Crippen LogP contribution in [0.5, 0.6) is 11.5 Å². The standard InChI is InChI=1S/C17H18N2O4/c20-17(19-13-2-1-3-14-12(13)6-7-21-14)18-11-4-5-15-16(10-11)23-9-8-22-15/h4-7,10,13H,1-3,8-9H2,(H2,18,19,20)/t13-/m0/s1. The number of nitrogens with one attached hydrogen (secondary N) is 2. The van der Waals surface area contributed by atoms with Crippen LogP contribution in [0.25, 0.3) is 0 Å². The molecule has 0 radical (unpaired) electrons. The Kier molecular flexibility index (Phi) is 3.57. The van der Waals surface area contributed by atoms with Gasteiger partial charge in [0.05, 0.1) is 12.3 Å². The molecule has 0 saturated heterocycles. The van der Waals surface area contributed by atoms with Gasteiger partial charge in [-0.15, -0.1) is 0 Å². The van der Waals surface area contributed by atoms with Crippen molar-refractivity contribution in [3.63, 3.8) is 0 Å². The maximum atomic E-state index is 12.3. The Morgan fingerprint density at radius 3 is 2.91 bits per heavy atom. The summed E-state index contributed by atoms with van der Waals surface area (Å²) in [7, 11) is 0. The van der Waals surface area contributed by atoms with Gasteiger partial charge in [0.1, 0.15) is 19.0 Å². The van der Waals surface area contributed by atoms with Gasteiger partial charge >= 0.3 is 6.03 Å². The number of carbonyl (C=O) groups is 1. The van der Waals surface area contributed by atoms with Gasteiger partial charge in [0.2, 0.25) is 0 Å². The normalized spacial score (nSPS) is 18.9. The molecule has 2 N–H and O–H groups in total. The fourth-order valence-electron chi connectivity index (χ4n) is 3.08. The number of hydrogen-bond acceptors (Lipinski definition) is 4. The number of anilines is 1. The number of carbonyl (C=O) groups excluding carboxylic acids is 1. The third-order valence-electron chi connectivity index (χ3n) is 4.16. The number of benzene rings is 1. The van der Waals surface area contributed by atoms with E-state index in [4.69, 9.17) is 13.9 Å². The van der Waals surface area contributed by atoms with E-state index in [1.54, 1.807) is 24.5 Å². The quantitative estimate of drug-likeness (QED) is 0.892. The molecular formula is C17H18N2O4. The van der Waals surface area contributed by atoms with Crippen molar-refractivity contribution in [3.8, 4) is 11.5 Å². The molecule has 1 aliphatic carbocycles. The highest BCUT2D eigenvalue weighted by molar-refractivity contribution is 5.90. The zero-order valence-electron chi connectivity index (χ0n) is 12.6. The molecule has 1 aromatic carbocycles. The Morgan fingerprint density at radius 1 is 1.13 bits per heavy atom. The van der Waals surface area contributed by atoms with Crippen LogP contribution < -0.4 is 20.1 Å². The number of amides is 2. The molecule has 2 amide bonds. The first kappa shape index (κ1) is 14.0. The predicted molar refractivity (Wildman–Crippen MR) is 84.0 cm³/mol. The maximum Gasteiger partial charge on any atom is 0.319 e. The summed E-state index contributed by atoms with van der Waals surface area (Å²) in [6, 6.07) is 7.08.